The van der Waals surface area contributed by atoms with Gasteiger partial charge in [-0.2, -0.15) is 0 Å². The van der Waals surface area contributed by atoms with Gasteiger partial charge in [-0.1, -0.05) is 17.9 Å². The van der Waals surface area contributed by atoms with Gasteiger partial charge in [-0.05, 0) is 56.5 Å². The van der Waals surface area contributed by atoms with Crippen LogP contribution < -0.4 is 0 Å². The number of aliphatic hydroxyl groups excluding tert-OH is 2. The van der Waals surface area contributed by atoms with Gasteiger partial charge in [0.05, 0.1) is 11.7 Å². The van der Waals surface area contributed by atoms with Gasteiger partial charge in [0.25, 0.3) is 0 Å². The van der Waals surface area contributed by atoms with E-state index in [0.29, 0.717) is 11.5 Å². The van der Waals surface area contributed by atoms with Crippen molar-refractivity contribution in [2.75, 3.05) is 19.7 Å². The van der Waals surface area contributed by atoms with E-state index < -0.39 is 0 Å². The van der Waals surface area contributed by atoms with Gasteiger partial charge in [-0.3, -0.25) is 4.90 Å². The van der Waals surface area contributed by atoms with E-state index in [4.69, 9.17) is 5.11 Å². The predicted molar refractivity (Wildman–Crippen MR) is 80.0 cm³/mol. The maximum absolute atomic E-state index is 13.6. The summed E-state index contributed by atoms with van der Waals surface area (Å²) in [6.07, 6.45) is 1.75. The maximum Gasteiger partial charge on any atom is 0.138 e. The zero-order valence-electron chi connectivity index (χ0n) is 12.3. The van der Waals surface area contributed by atoms with Crippen LogP contribution in [0.3, 0.4) is 0 Å². The second-order valence-corrected chi connectivity index (χ2v) is 5.63. The summed E-state index contributed by atoms with van der Waals surface area (Å²) < 4.78 is 13.6. The lowest BCUT2D eigenvalue weighted by Gasteiger charge is -2.33. The zero-order valence-corrected chi connectivity index (χ0v) is 12.3. The molecule has 0 aliphatic carbocycles. The molecule has 0 bridgehead atoms. The molecule has 1 fully saturated rings. The van der Waals surface area contributed by atoms with Crippen LogP contribution in [-0.2, 0) is 6.54 Å². The summed E-state index contributed by atoms with van der Waals surface area (Å²) in [6.45, 7) is 4.25. The van der Waals surface area contributed by atoms with Gasteiger partial charge < -0.3 is 10.2 Å². The summed E-state index contributed by atoms with van der Waals surface area (Å²) in [5.41, 5.74) is 1.36. The molecule has 0 saturated carbocycles. The number of rotatable bonds is 3. The highest BCUT2D eigenvalue weighted by molar-refractivity contribution is 5.38. The standard InChI is InChI=1S/C17H22FNO2/c1-13(21)15-6-8-19(9-7-15)12-14-4-5-17(18)16(11-14)3-2-10-20/h4-5,11,13,15,20-21H,6-10,12H2,1H3. The van der Waals surface area contributed by atoms with Crippen LogP contribution in [0.4, 0.5) is 4.39 Å². The third-order valence-corrected chi connectivity index (χ3v) is 4.05. The molecular weight excluding hydrogens is 269 g/mol. The summed E-state index contributed by atoms with van der Waals surface area (Å²) in [6, 6.07) is 4.96. The van der Waals surface area contributed by atoms with Gasteiger partial charge >= 0.3 is 0 Å². The second kappa shape index (κ2) is 7.56. The summed E-state index contributed by atoms with van der Waals surface area (Å²) in [4.78, 5) is 2.31. The Labute approximate surface area is 125 Å². The molecule has 114 valence electrons. The van der Waals surface area contributed by atoms with Crippen LogP contribution in [0.5, 0.6) is 0 Å². The SMILES string of the molecule is CC(O)C1CCN(Cc2ccc(F)c(C#CCO)c2)CC1. The Morgan fingerprint density at radius 2 is 2.10 bits per heavy atom. The van der Waals surface area contributed by atoms with Gasteiger partial charge in [0.2, 0.25) is 0 Å². The number of benzene rings is 1. The van der Waals surface area contributed by atoms with Crippen LogP contribution in [0, 0.1) is 23.6 Å². The van der Waals surface area contributed by atoms with E-state index >= 15 is 0 Å². The van der Waals surface area contributed by atoms with E-state index in [1.165, 1.54) is 6.07 Å². The van der Waals surface area contributed by atoms with E-state index in [0.717, 1.165) is 38.0 Å². The summed E-state index contributed by atoms with van der Waals surface area (Å²) >= 11 is 0. The van der Waals surface area contributed by atoms with E-state index in [1.54, 1.807) is 12.1 Å². The minimum absolute atomic E-state index is 0.238. The van der Waals surface area contributed by atoms with Gasteiger partial charge in [-0.15, -0.1) is 0 Å². The molecule has 2 rings (SSSR count). The molecule has 4 heteroatoms. The number of likely N-dealkylation sites (tertiary alicyclic amines) is 1. The number of nitrogens with zero attached hydrogens (tertiary/aromatic N) is 1. The third kappa shape index (κ3) is 4.53. The van der Waals surface area contributed by atoms with Gasteiger partial charge in [0.1, 0.15) is 12.4 Å². The zero-order chi connectivity index (χ0) is 15.2. The van der Waals surface area contributed by atoms with Crippen molar-refractivity contribution >= 4 is 0 Å². The fourth-order valence-electron chi connectivity index (χ4n) is 2.75. The molecule has 0 amide bonds. The van der Waals surface area contributed by atoms with Crippen molar-refractivity contribution in [3.63, 3.8) is 0 Å². The number of hydrogen-bond donors (Lipinski definition) is 2. The average molecular weight is 291 g/mol. The quantitative estimate of drug-likeness (QED) is 0.834. The van der Waals surface area contributed by atoms with Crippen LogP contribution in [0.1, 0.15) is 30.9 Å². The third-order valence-electron chi connectivity index (χ3n) is 4.05. The summed E-state index contributed by atoms with van der Waals surface area (Å²) in [7, 11) is 0. The summed E-state index contributed by atoms with van der Waals surface area (Å²) in [5, 5.41) is 18.3. The van der Waals surface area contributed by atoms with Crippen LogP contribution in [0.15, 0.2) is 18.2 Å². The lowest BCUT2D eigenvalue weighted by Crippen LogP contribution is -2.36. The van der Waals surface area contributed by atoms with Crippen molar-refractivity contribution in [1.29, 1.82) is 0 Å². The molecule has 1 aliphatic heterocycles. The van der Waals surface area contributed by atoms with E-state index in [-0.39, 0.29) is 18.5 Å². The van der Waals surface area contributed by atoms with Crippen LogP contribution in [-0.4, -0.2) is 40.9 Å². The highest BCUT2D eigenvalue weighted by Gasteiger charge is 2.22. The van der Waals surface area contributed by atoms with E-state index in [9.17, 15) is 9.50 Å². The number of hydrogen-bond acceptors (Lipinski definition) is 3. The average Bonchev–Trinajstić information content (AvgIpc) is 2.48. The molecule has 21 heavy (non-hydrogen) atoms. The number of halogens is 1. The van der Waals surface area contributed by atoms with Crippen molar-refractivity contribution < 1.29 is 14.6 Å². The normalized spacial score (nSPS) is 18.1. The lowest BCUT2D eigenvalue weighted by molar-refractivity contribution is 0.0695. The topological polar surface area (TPSA) is 43.7 Å². The van der Waals surface area contributed by atoms with Crippen molar-refractivity contribution in [3.05, 3.63) is 35.1 Å². The Morgan fingerprint density at radius 3 is 2.71 bits per heavy atom. The molecule has 1 aromatic carbocycles. The minimum Gasteiger partial charge on any atom is -0.393 e. The van der Waals surface area contributed by atoms with Gasteiger partial charge in [0.15, 0.2) is 0 Å². The first kappa shape index (κ1) is 16.0. The van der Waals surface area contributed by atoms with Crippen molar-refractivity contribution in [2.24, 2.45) is 5.92 Å². The monoisotopic (exact) mass is 291 g/mol. The predicted octanol–water partition coefficient (Wildman–Crippen LogP) is 1.76. The maximum atomic E-state index is 13.6. The molecule has 1 heterocycles. The van der Waals surface area contributed by atoms with Gasteiger partial charge in [0, 0.05) is 6.54 Å². The first-order valence-corrected chi connectivity index (χ1v) is 7.38. The smallest absolute Gasteiger partial charge is 0.138 e. The van der Waals surface area contributed by atoms with Crippen molar-refractivity contribution in [2.45, 2.75) is 32.4 Å². The number of piperidine rings is 1. The Morgan fingerprint density at radius 1 is 1.38 bits per heavy atom. The molecule has 1 saturated heterocycles. The molecule has 0 radical (unpaired) electrons. The highest BCUT2D eigenvalue weighted by Crippen LogP contribution is 2.22. The first-order valence-electron chi connectivity index (χ1n) is 7.38. The van der Waals surface area contributed by atoms with Crippen molar-refractivity contribution in [3.8, 4) is 11.8 Å². The van der Waals surface area contributed by atoms with Crippen molar-refractivity contribution in [1.82, 2.24) is 4.90 Å². The largest absolute Gasteiger partial charge is 0.393 e. The lowest BCUT2D eigenvalue weighted by atomic mass is 9.92. The second-order valence-electron chi connectivity index (χ2n) is 5.63. The Balaban J connectivity index is 1.98. The molecule has 0 aromatic heterocycles. The molecule has 1 atom stereocenters. The molecular formula is C17H22FNO2. The first-order chi connectivity index (χ1) is 10.1. The Kier molecular flexibility index (Phi) is 5.75. The molecule has 1 unspecified atom stereocenters. The highest BCUT2D eigenvalue weighted by atomic mass is 19.1. The molecule has 2 N–H and O–H groups in total. The summed E-state index contributed by atoms with van der Waals surface area (Å²) in [5.74, 6) is 5.15. The molecule has 1 aromatic rings. The molecule has 3 nitrogen and oxygen atoms in total. The van der Waals surface area contributed by atoms with E-state index in [2.05, 4.69) is 16.7 Å². The van der Waals surface area contributed by atoms with Crippen LogP contribution in [0.25, 0.3) is 0 Å². The van der Waals surface area contributed by atoms with E-state index in [1.807, 2.05) is 6.92 Å². The fourth-order valence-corrected chi connectivity index (χ4v) is 2.75. The van der Waals surface area contributed by atoms with Crippen LogP contribution in [0.2, 0.25) is 0 Å². The van der Waals surface area contributed by atoms with Crippen LogP contribution >= 0.6 is 0 Å². The molecule has 1 aliphatic rings. The minimum atomic E-state index is -0.354. The Hall–Kier alpha value is -1.41. The Bertz CT molecular complexity index is 525. The van der Waals surface area contributed by atoms with Gasteiger partial charge in [-0.25, -0.2) is 4.39 Å². The fraction of sp³-hybridized carbons (Fsp3) is 0.529. The number of aliphatic hydroxyl groups is 2. The molecule has 0 spiro atoms.